The van der Waals surface area contributed by atoms with Crippen molar-refractivity contribution < 1.29 is 9.13 Å². The van der Waals surface area contributed by atoms with E-state index in [9.17, 15) is 4.39 Å². The van der Waals surface area contributed by atoms with E-state index < -0.39 is 0 Å². The molecule has 1 heterocycles. The summed E-state index contributed by atoms with van der Waals surface area (Å²) in [6, 6.07) is 6.89. The number of benzene rings is 1. The van der Waals surface area contributed by atoms with Gasteiger partial charge in [0.05, 0.1) is 6.61 Å². The number of hydrogen-bond acceptors (Lipinski definition) is 3. The number of likely N-dealkylation sites (N-methyl/N-ethyl adjacent to an activating group) is 1. The molecule has 0 unspecified atom stereocenters. The van der Waals surface area contributed by atoms with Crippen molar-refractivity contribution in [2.45, 2.75) is 26.3 Å². The van der Waals surface area contributed by atoms with Crippen LogP contribution in [0.15, 0.2) is 24.3 Å². The molecule has 4 heteroatoms. The number of hydrogen-bond donors (Lipinski definition) is 0. The van der Waals surface area contributed by atoms with E-state index >= 15 is 0 Å². The highest BCUT2D eigenvalue weighted by Gasteiger charge is 2.35. The lowest BCUT2D eigenvalue weighted by molar-refractivity contribution is 0.215. The van der Waals surface area contributed by atoms with Crippen molar-refractivity contribution >= 4 is 0 Å². The molecule has 0 bridgehead atoms. The van der Waals surface area contributed by atoms with Crippen molar-refractivity contribution in [3.05, 3.63) is 30.1 Å². The fourth-order valence-corrected chi connectivity index (χ4v) is 3.29. The lowest BCUT2D eigenvalue weighted by Crippen LogP contribution is -2.37. The summed E-state index contributed by atoms with van der Waals surface area (Å²) >= 11 is 0. The summed E-state index contributed by atoms with van der Waals surface area (Å²) in [6.07, 6.45) is 1.00. The molecule has 1 aliphatic rings. The van der Waals surface area contributed by atoms with Crippen LogP contribution in [0.25, 0.3) is 0 Å². The van der Waals surface area contributed by atoms with Crippen LogP contribution < -0.4 is 4.74 Å². The molecule has 2 atom stereocenters. The Hall–Kier alpha value is -1.13. The van der Waals surface area contributed by atoms with Gasteiger partial charge >= 0.3 is 0 Å². The molecule has 0 aromatic heterocycles. The van der Waals surface area contributed by atoms with Crippen LogP contribution >= 0.6 is 0 Å². The van der Waals surface area contributed by atoms with Crippen molar-refractivity contribution in [1.82, 2.24) is 9.80 Å². The molecule has 124 valence electrons. The molecule has 0 radical (unpaired) electrons. The van der Waals surface area contributed by atoms with Crippen LogP contribution in [-0.2, 0) is 0 Å². The van der Waals surface area contributed by atoms with Gasteiger partial charge in [-0.25, -0.2) is 4.39 Å². The average molecular weight is 308 g/mol. The fraction of sp³-hybridized carbons (Fsp3) is 0.667. The Bertz CT molecular complexity index is 431. The van der Waals surface area contributed by atoms with E-state index in [1.54, 1.807) is 12.1 Å². The first-order valence-corrected chi connectivity index (χ1v) is 8.24. The molecule has 22 heavy (non-hydrogen) atoms. The average Bonchev–Trinajstić information content (AvgIpc) is 2.90. The van der Waals surface area contributed by atoms with Crippen molar-refractivity contribution in [3.63, 3.8) is 0 Å². The second-order valence-corrected chi connectivity index (χ2v) is 6.85. The normalized spacial score (nSPS) is 22.7. The summed E-state index contributed by atoms with van der Waals surface area (Å²) < 4.78 is 18.5. The third kappa shape index (κ3) is 4.68. The third-order valence-corrected chi connectivity index (χ3v) is 4.63. The molecule has 0 spiro atoms. The molecule has 1 fully saturated rings. The molecule has 0 aliphatic carbocycles. The summed E-state index contributed by atoms with van der Waals surface area (Å²) in [4.78, 5) is 4.91. The topological polar surface area (TPSA) is 15.7 Å². The Morgan fingerprint density at radius 3 is 2.45 bits per heavy atom. The number of likely N-dealkylation sites (tertiary alicyclic amines) is 1. The Kier molecular flexibility index (Phi) is 6.21. The van der Waals surface area contributed by atoms with Gasteiger partial charge in [-0.2, -0.15) is 0 Å². The molecule has 0 N–H and O–H groups in total. The lowest BCUT2D eigenvalue weighted by Gasteiger charge is -2.27. The van der Waals surface area contributed by atoms with E-state index in [-0.39, 0.29) is 5.82 Å². The van der Waals surface area contributed by atoms with Gasteiger partial charge in [-0.15, -0.1) is 0 Å². The quantitative estimate of drug-likeness (QED) is 0.720. The molecule has 1 saturated heterocycles. The Morgan fingerprint density at radius 1 is 1.23 bits per heavy atom. The zero-order valence-corrected chi connectivity index (χ0v) is 14.3. The first kappa shape index (κ1) is 17.2. The maximum absolute atomic E-state index is 12.8. The predicted molar refractivity (Wildman–Crippen MR) is 88.8 cm³/mol. The highest BCUT2D eigenvalue weighted by atomic mass is 19.1. The first-order chi connectivity index (χ1) is 10.5. The zero-order valence-electron chi connectivity index (χ0n) is 14.3. The van der Waals surface area contributed by atoms with Gasteiger partial charge < -0.3 is 14.5 Å². The summed E-state index contributed by atoms with van der Waals surface area (Å²) in [5, 5.41) is 0. The summed E-state index contributed by atoms with van der Waals surface area (Å²) in [6.45, 7) is 8.71. The number of nitrogens with zero attached hydrogens (tertiary/aromatic N) is 2. The molecule has 0 saturated carbocycles. The van der Waals surface area contributed by atoms with E-state index in [4.69, 9.17) is 4.74 Å². The minimum atomic E-state index is -0.223. The highest BCUT2D eigenvalue weighted by Crippen LogP contribution is 2.27. The van der Waals surface area contributed by atoms with Crippen LogP contribution in [-0.4, -0.2) is 56.2 Å². The largest absolute Gasteiger partial charge is 0.494 e. The van der Waals surface area contributed by atoms with Crippen LogP contribution in [0.4, 0.5) is 4.39 Å². The standard InChI is InChI=1S/C18H29FN2O/c1-14(2)17-12-21(13-18(17)20(3)4)10-5-11-22-16-8-6-15(19)7-9-16/h6-9,14,17-18H,5,10-13H2,1-4H3/t17-,18+/m0/s1. The maximum Gasteiger partial charge on any atom is 0.123 e. The molecular weight excluding hydrogens is 279 g/mol. The van der Waals surface area contributed by atoms with E-state index in [1.165, 1.54) is 18.7 Å². The number of ether oxygens (including phenoxy) is 1. The van der Waals surface area contributed by atoms with Gasteiger partial charge in [0.15, 0.2) is 0 Å². The molecule has 1 aromatic rings. The highest BCUT2D eigenvalue weighted by molar-refractivity contribution is 5.21. The van der Waals surface area contributed by atoms with E-state index in [0.717, 1.165) is 31.2 Å². The van der Waals surface area contributed by atoms with Gasteiger partial charge in [-0.3, -0.25) is 0 Å². The smallest absolute Gasteiger partial charge is 0.123 e. The van der Waals surface area contributed by atoms with Gasteiger partial charge in [0, 0.05) is 25.7 Å². The summed E-state index contributed by atoms with van der Waals surface area (Å²) in [5.74, 6) is 1.98. The lowest BCUT2D eigenvalue weighted by atomic mass is 9.91. The van der Waals surface area contributed by atoms with E-state index in [1.807, 2.05) is 0 Å². The number of rotatable bonds is 7. The molecule has 1 aromatic carbocycles. The minimum absolute atomic E-state index is 0.223. The van der Waals surface area contributed by atoms with Crippen LogP contribution in [0.3, 0.4) is 0 Å². The van der Waals surface area contributed by atoms with Crippen molar-refractivity contribution in [3.8, 4) is 5.75 Å². The minimum Gasteiger partial charge on any atom is -0.494 e. The van der Waals surface area contributed by atoms with Gasteiger partial charge in [0.1, 0.15) is 11.6 Å². The molecule has 2 rings (SSSR count). The molecule has 0 amide bonds. The van der Waals surface area contributed by atoms with Gasteiger partial charge in [-0.1, -0.05) is 13.8 Å². The second kappa shape index (κ2) is 7.93. The summed E-state index contributed by atoms with van der Waals surface area (Å²) in [5.41, 5.74) is 0. The van der Waals surface area contributed by atoms with Crippen molar-refractivity contribution in [2.24, 2.45) is 11.8 Å². The van der Waals surface area contributed by atoms with Gasteiger partial charge in [0.2, 0.25) is 0 Å². The van der Waals surface area contributed by atoms with E-state index in [2.05, 4.69) is 37.7 Å². The molecule has 1 aliphatic heterocycles. The summed E-state index contributed by atoms with van der Waals surface area (Å²) in [7, 11) is 4.36. The molecular formula is C18H29FN2O. The Morgan fingerprint density at radius 2 is 1.91 bits per heavy atom. The Labute approximate surface area is 134 Å². The van der Waals surface area contributed by atoms with Crippen LogP contribution in [0.1, 0.15) is 20.3 Å². The van der Waals surface area contributed by atoms with Crippen molar-refractivity contribution in [1.29, 1.82) is 0 Å². The number of halogens is 1. The fourth-order valence-electron chi connectivity index (χ4n) is 3.29. The van der Waals surface area contributed by atoms with Crippen molar-refractivity contribution in [2.75, 3.05) is 40.3 Å². The first-order valence-electron chi connectivity index (χ1n) is 8.24. The third-order valence-electron chi connectivity index (χ3n) is 4.63. The second-order valence-electron chi connectivity index (χ2n) is 6.85. The van der Waals surface area contributed by atoms with Gasteiger partial charge in [-0.05, 0) is 56.6 Å². The predicted octanol–water partition coefficient (Wildman–Crippen LogP) is 3.11. The SMILES string of the molecule is CC(C)[C@@H]1CN(CCCOc2ccc(F)cc2)C[C@H]1N(C)C. The van der Waals surface area contributed by atoms with Crippen LogP contribution in [0, 0.1) is 17.7 Å². The zero-order chi connectivity index (χ0) is 16.1. The van der Waals surface area contributed by atoms with Crippen LogP contribution in [0.2, 0.25) is 0 Å². The van der Waals surface area contributed by atoms with Crippen LogP contribution in [0.5, 0.6) is 5.75 Å². The Balaban J connectivity index is 1.72. The molecule has 3 nitrogen and oxygen atoms in total. The van der Waals surface area contributed by atoms with E-state index in [0.29, 0.717) is 18.6 Å². The van der Waals surface area contributed by atoms with Gasteiger partial charge in [0.25, 0.3) is 0 Å². The maximum atomic E-state index is 12.8. The monoisotopic (exact) mass is 308 g/mol.